The summed E-state index contributed by atoms with van der Waals surface area (Å²) in [6.07, 6.45) is 6.62. The number of carbonyl (C=O) groups excluding carboxylic acids is 1. The van der Waals surface area contributed by atoms with Crippen LogP contribution >= 0.6 is 0 Å². The largest absolute Gasteiger partial charge is 0.354 e. The Morgan fingerprint density at radius 3 is 2.34 bits per heavy atom. The molecule has 1 amide bonds. The lowest BCUT2D eigenvalue weighted by Crippen LogP contribution is -2.42. The molecule has 0 atom stereocenters. The van der Waals surface area contributed by atoms with E-state index in [0.29, 0.717) is 24.6 Å². The minimum absolute atomic E-state index is 0.186. The SMILES string of the molecule is CCc1ccccc1N(CC(=O)NCC1CCCCC1)S(=O)(=O)c1ccccc1. The van der Waals surface area contributed by atoms with Gasteiger partial charge in [-0.25, -0.2) is 8.42 Å². The highest BCUT2D eigenvalue weighted by molar-refractivity contribution is 7.92. The molecule has 0 bridgehead atoms. The van der Waals surface area contributed by atoms with E-state index in [9.17, 15) is 13.2 Å². The van der Waals surface area contributed by atoms with E-state index in [1.807, 2.05) is 25.1 Å². The third kappa shape index (κ3) is 5.38. The monoisotopic (exact) mass is 414 g/mol. The van der Waals surface area contributed by atoms with Crippen LogP contribution in [0.2, 0.25) is 0 Å². The standard InChI is InChI=1S/C23H30N2O3S/c1-2-20-13-9-10-16-22(20)25(29(27,28)21-14-7-4-8-15-21)18-23(26)24-17-19-11-5-3-6-12-19/h4,7-10,13-16,19H,2-3,5-6,11-12,17-18H2,1H3,(H,24,26). The molecule has 0 saturated heterocycles. The average Bonchev–Trinajstić information content (AvgIpc) is 2.77. The lowest BCUT2D eigenvalue weighted by atomic mass is 9.89. The lowest BCUT2D eigenvalue weighted by molar-refractivity contribution is -0.119. The molecule has 2 aromatic carbocycles. The number of rotatable bonds is 8. The number of benzene rings is 2. The fourth-order valence-electron chi connectivity index (χ4n) is 3.91. The molecular weight excluding hydrogens is 384 g/mol. The highest BCUT2D eigenvalue weighted by Gasteiger charge is 2.28. The van der Waals surface area contributed by atoms with Crippen molar-refractivity contribution in [2.75, 3.05) is 17.4 Å². The third-order valence-corrected chi connectivity index (χ3v) is 7.35. The molecule has 0 aliphatic heterocycles. The smallest absolute Gasteiger partial charge is 0.264 e. The Morgan fingerprint density at radius 2 is 1.66 bits per heavy atom. The highest BCUT2D eigenvalue weighted by atomic mass is 32.2. The normalized spacial score (nSPS) is 15.1. The molecule has 5 nitrogen and oxygen atoms in total. The second-order valence-corrected chi connectivity index (χ2v) is 9.48. The molecule has 1 saturated carbocycles. The molecule has 3 rings (SSSR count). The zero-order chi connectivity index (χ0) is 20.7. The van der Waals surface area contributed by atoms with Crippen molar-refractivity contribution in [1.29, 1.82) is 0 Å². The van der Waals surface area contributed by atoms with Crippen LogP contribution in [0.1, 0.15) is 44.6 Å². The Labute approximate surface area is 174 Å². The van der Waals surface area contributed by atoms with Gasteiger partial charge in [-0.15, -0.1) is 0 Å². The van der Waals surface area contributed by atoms with Crippen LogP contribution in [0.15, 0.2) is 59.5 Å². The summed E-state index contributed by atoms with van der Waals surface area (Å²) in [7, 11) is -3.85. The minimum Gasteiger partial charge on any atom is -0.354 e. The van der Waals surface area contributed by atoms with Crippen LogP contribution < -0.4 is 9.62 Å². The van der Waals surface area contributed by atoms with Gasteiger partial charge in [-0.05, 0) is 48.9 Å². The van der Waals surface area contributed by atoms with Gasteiger partial charge in [-0.2, -0.15) is 0 Å². The first-order valence-electron chi connectivity index (χ1n) is 10.4. The Balaban J connectivity index is 1.84. The summed E-state index contributed by atoms with van der Waals surface area (Å²) >= 11 is 0. The molecule has 0 spiro atoms. The fraction of sp³-hybridized carbons (Fsp3) is 0.435. The van der Waals surface area contributed by atoms with Gasteiger partial charge < -0.3 is 5.32 Å². The van der Waals surface area contributed by atoms with E-state index >= 15 is 0 Å². The van der Waals surface area contributed by atoms with Crippen molar-refractivity contribution < 1.29 is 13.2 Å². The number of anilines is 1. The molecule has 1 fully saturated rings. The van der Waals surface area contributed by atoms with Crippen molar-refractivity contribution in [3.63, 3.8) is 0 Å². The maximum absolute atomic E-state index is 13.4. The van der Waals surface area contributed by atoms with Crippen LogP contribution in [0.25, 0.3) is 0 Å². The zero-order valence-corrected chi connectivity index (χ0v) is 17.8. The predicted molar refractivity (Wildman–Crippen MR) is 116 cm³/mol. The van der Waals surface area contributed by atoms with E-state index < -0.39 is 10.0 Å². The van der Waals surface area contributed by atoms with E-state index in [2.05, 4.69) is 5.32 Å². The van der Waals surface area contributed by atoms with E-state index in [4.69, 9.17) is 0 Å². The number of hydrogen-bond donors (Lipinski definition) is 1. The van der Waals surface area contributed by atoms with Crippen molar-refractivity contribution in [3.8, 4) is 0 Å². The summed E-state index contributed by atoms with van der Waals surface area (Å²) in [6, 6.07) is 15.7. The Kier molecular flexibility index (Phi) is 7.31. The summed E-state index contributed by atoms with van der Waals surface area (Å²) in [6.45, 7) is 2.38. The molecule has 1 N–H and O–H groups in total. The number of carbonyl (C=O) groups is 1. The highest BCUT2D eigenvalue weighted by Crippen LogP contribution is 2.27. The van der Waals surface area contributed by atoms with Crippen LogP contribution in [0.4, 0.5) is 5.69 Å². The molecule has 0 unspecified atom stereocenters. The van der Waals surface area contributed by atoms with Crippen LogP contribution in [0.5, 0.6) is 0 Å². The van der Waals surface area contributed by atoms with Gasteiger partial charge in [0.25, 0.3) is 10.0 Å². The van der Waals surface area contributed by atoms with Gasteiger partial charge in [0.2, 0.25) is 5.91 Å². The molecule has 6 heteroatoms. The van der Waals surface area contributed by atoms with Gasteiger partial charge in [-0.1, -0.05) is 62.6 Å². The van der Waals surface area contributed by atoms with E-state index in [0.717, 1.165) is 18.4 Å². The second kappa shape index (κ2) is 9.92. The molecule has 156 valence electrons. The molecule has 2 aromatic rings. The number of sulfonamides is 1. The van der Waals surface area contributed by atoms with Crippen LogP contribution in [-0.2, 0) is 21.2 Å². The molecule has 0 heterocycles. The number of nitrogens with zero attached hydrogens (tertiary/aromatic N) is 1. The average molecular weight is 415 g/mol. The second-order valence-electron chi connectivity index (χ2n) is 7.62. The Bertz CT molecular complexity index is 907. The molecule has 29 heavy (non-hydrogen) atoms. The van der Waals surface area contributed by atoms with Crippen LogP contribution in [0, 0.1) is 5.92 Å². The number of amides is 1. The first-order valence-corrected chi connectivity index (χ1v) is 11.9. The molecule has 1 aliphatic rings. The van der Waals surface area contributed by atoms with Gasteiger partial charge >= 0.3 is 0 Å². The first-order chi connectivity index (χ1) is 14.0. The first kappa shape index (κ1) is 21.4. The molecular formula is C23H30N2O3S. The van der Waals surface area contributed by atoms with Gasteiger partial charge in [-0.3, -0.25) is 9.10 Å². The number of nitrogens with one attached hydrogen (secondary N) is 1. The summed E-state index contributed by atoms with van der Waals surface area (Å²) in [5, 5.41) is 2.97. The van der Waals surface area contributed by atoms with Crippen molar-refractivity contribution in [2.45, 2.75) is 50.3 Å². The molecule has 0 aromatic heterocycles. The zero-order valence-electron chi connectivity index (χ0n) is 17.0. The minimum atomic E-state index is -3.85. The number of hydrogen-bond acceptors (Lipinski definition) is 3. The number of para-hydroxylation sites is 1. The van der Waals surface area contributed by atoms with Gasteiger partial charge in [0.05, 0.1) is 10.6 Å². The molecule has 0 radical (unpaired) electrons. The quantitative estimate of drug-likeness (QED) is 0.706. The predicted octanol–water partition coefficient (Wildman–Crippen LogP) is 4.14. The van der Waals surface area contributed by atoms with Gasteiger partial charge in [0.1, 0.15) is 6.54 Å². The summed E-state index contributed by atoms with van der Waals surface area (Å²) in [5.74, 6) is 0.232. The van der Waals surface area contributed by atoms with Crippen LogP contribution in [-0.4, -0.2) is 27.4 Å². The van der Waals surface area contributed by atoms with E-state index in [1.165, 1.54) is 23.6 Å². The maximum atomic E-state index is 13.4. The number of aryl methyl sites for hydroxylation is 1. The summed E-state index contributed by atoms with van der Waals surface area (Å²) < 4.78 is 28.0. The lowest BCUT2D eigenvalue weighted by Gasteiger charge is -2.27. The molecule has 1 aliphatic carbocycles. The van der Waals surface area contributed by atoms with Gasteiger partial charge in [0.15, 0.2) is 0 Å². The van der Waals surface area contributed by atoms with Crippen molar-refractivity contribution in [1.82, 2.24) is 5.32 Å². The van der Waals surface area contributed by atoms with E-state index in [-0.39, 0.29) is 17.3 Å². The topological polar surface area (TPSA) is 66.5 Å². The Hall–Kier alpha value is -2.34. The van der Waals surface area contributed by atoms with Crippen molar-refractivity contribution in [3.05, 3.63) is 60.2 Å². The fourth-order valence-corrected chi connectivity index (χ4v) is 5.39. The van der Waals surface area contributed by atoms with Crippen LogP contribution in [0.3, 0.4) is 0 Å². The summed E-state index contributed by atoms with van der Waals surface area (Å²) in [5.41, 5.74) is 1.46. The maximum Gasteiger partial charge on any atom is 0.264 e. The Morgan fingerprint density at radius 1 is 1.00 bits per heavy atom. The van der Waals surface area contributed by atoms with Crippen molar-refractivity contribution >= 4 is 21.6 Å². The summed E-state index contributed by atoms with van der Waals surface area (Å²) in [4.78, 5) is 12.9. The van der Waals surface area contributed by atoms with Gasteiger partial charge in [0, 0.05) is 6.54 Å². The van der Waals surface area contributed by atoms with Crippen molar-refractivity contribution in [2.24, 2.45) is 5.92 Å². The third-order valence-electron chi connectivity index (χ3n) is 5.57. The van der Waals surface area contributed by atoms with E-state index in [1.54, 1.807) is 36.4 Å².